The van der Waals surface area contributed by atoms with Crippen molar-refractivity contribution in [3.8, 4) is 5.75 Å². The van der Waals surface area contributed by atoms with Gasteiger partial charge in [-0.1, -0.05) is 32.4 Å². The number of carboxylic acids is 1. The second-order valence-corrected chi connectivity index (χ2v) is 13.6. The Labute approximate surface area is 327 Å². The fraction of sp³-hybridized carbons (Fsp3) is 0.571. The number of phenolic OH excluding ortho intramolecular Hbond substituents is 1. The summed E-state index contributed by atoms with van der Waals surface area (Å²) < 4.78 is 0. The van der Waals surface area contributed by atoms with Crippen molar-refractivity contribution in [2.45, 2.75) is 95.2 Å². The van der Waals surface area contributed by atoms with Crippen molar-refractivity contribution >= 4 is 53.2 Å². The third-order valence-corrected chi connectivity index (χ3v) is 9.17. The molecule has 0 unspecified atom stereocenters. The van der Waals surface area contributed by atoms with Crippen LogP contribution in [0.1, 0.15) is 52.0 Å². The largest absolute Gasteiger partial charge is 0.508 e. The Kier molecular flexibility index (Phi) is 18.8. The normalized spacial score (nSPS) is 17.3. The SMILES string of the molecule is CC[C@H](C)[C@H](N)C(=O)N[C@@H](Cc1ccc(O)cc1)C(=O)N1CCC[C@H]1C(=O)NCC(=O)N[C@@H](CO)C(=O)NCC(=O)N[C@@H](CC(N)=O)C(=O)N[C@H](C(=O)O)[C@@H](C)O. The first-order valence-corrected chi connectivity index (χ1v) is 18.2. The Morgan fingerprint density at radius 3 is 1.98 bits per heavy atom. The summed E-state index contributed by atoms with van der Waals surface area (Å²) >= 11 is 0. The van der Waals surface area contributed by atoms with Gasteiger partial charge in [0.2, 0.25) is 47.3 Å². The highest BCUT2D eigenvalue weighted by Gasteiger charge is 2.39. The summed E-state index contributed by atoms with van der Waals surface area (Å²) in [5.74, 6) is -8.88. The molecule has 22 heteroatoms. The minimum absolute atomic E-state index is 0.00273. The number of rotatable bonds is 22. The van der Waals surface area contributed by atoms with Crippen LogP contribution in [-0.2, 0) is 49.6 Å². The molecule has 22 nitrogen and oxygen atoms in total. The predicted molar refractivity (Wildman–Crippen MR) is 198 cm³/mol. The average molecular weight is 808 g/mol. The zero-order valence-electron chi connectivity index (χ0n) is 31.9. The molecule has 1 aliphatic rings. The molecule has 1 fully saturated rings. The number of phenols is 1. The second kappa shape index (κ2) is 22.6. The van der Waals surface area contributed by atoms with Gasteiger partial charge in [-0.15, -0.1) is 0 Å². The summed E-state index contributed by atoms with van der Waals surface area (Å²) in [6.45, 7) is 2.44. The van der Waals surface area contributed by atoms with E-state index >= 15 is 0 Å². The van der Waals surface area contributed by atoms with Crippen molar-refractivity contribution in [1.82, 2.24) is 36.8 Å². The lowest BCUT2D eigenvalue weighted by Gasteiger charge is -2.30. The Bertz CT molecular complexity index is 1630. The fourth-order valence-corrected chi connectivity index (χ4v) is 5.66. The summed E-state index contributed by atoms with van der Waals surface area (Å²) in [5.41, 5.74) is 11.8. The van der Waals surface area contributed by atoms with E-state index in [-0.39, 0.29) is 31.1 Å². The molecule has 0 saturated carbocycles. The van der Waals surface area contributed by atoms with E-state index in [2.05, 4.69) is 26.6 Å². The number of hydrogen-bond acceptors (Lipinski definition) is 13. The van der Waals surface area contributed by atoms with E-state index in [1.54, 1.807) is 19.1 Å². The van der Waals surface area contributed by atoms with Crippen LogP contribution in [0.25, 0.3) is 0 Å². The number of likely N-dealkylation sites (tertiary alicyclic amines) is 1. The zero-order chi connectivity index (χ0) is 43.0. The van der Waals surface area contributed by atoms with E-state index in [1.807, 2.05) is 12.2 Å². The Morgan fingerprint density at radius 1 is 0.842 bits per heavy atom. The third-order valence-electron chi connectivity index (χ3n) is 9.17. The van der Waals surface area contributed by atoms with Gasteiger partial charge in [-0.3, -0.25) is 38.4 Å². The van der Waals surface area contributed by atoms with E-state index in [0.717, 1.165) is 6.92 Å². The number of carbonyl (C=O) groups is 9. The molecule has 14 N–H and O–H groups in total. The van der Waals surface area contributed by atoms with Gasteiger partial charge >= 0.3 is 5.97 Å². The lowest BCUT2D eigenvalue weighted by molar-refractivity contribution is -0.145. The van der Waals surface area contributed by atoms with E-state index in [4.69, 9.17) is 11.5 Å². The Balaban J connectivity index is 2.00. The van der Waals surface area contributed by atoms with Gasteiger partial charge in [-0.25, -0.2) is 4.79 Å². The molecule has 1 heterocycles. The molecule has 1 aromatic carbocycles. The molecule has 0 spiro atoms. The molecular weight excluding hydrogens is 754 g/mol. The highest BCUT2D eigenvalue weighted by atomic mass is 16.4. The number of nitrogens with two attached hydrogens (primary N) is 2. The van der Waals surface area contributed by atoms with Crippen LogP contribution in [0.3, 0.4) is 0 Å². The van der Waals surface area contributed by atoms with Crippen LogP contribution in [0.15, 0.2) is 24.3 Å². The van der Waals surface area contributed by atoms with Crippen molar-refractivity contribution in [2.24, 2.45) is 17.4 Å². The fourth-order valence-electron chi connectivity index (χ4n) is 5.66. The van der Waals surface area contributed by atoms with Gasteiger partial charge in [-0.2, -0.15) is 0 Å². The minimum Gasteiger partial charge on any atom is -0.508 e. The summed E-state index contributed by atoms with van der Waals surface area (Å²) in [7, 11) is 0. The number of hydrogen-bond donors (Lipinski definition) is 12. The summed E-state index contributed by atoms with van der Waals surface area (Å²) in [6, 6.07) is -2.11. The van der Waals surface area contributed by atoms with E-state index in [9.17, 15) is 63.6 Å². The highest BCUT2D eigenvalue weighted by molar-refractivity contribution is 5.97. The van der Waals surface area contributed by atoms with Gasteiger partial charge in [0.1, 0.15) is 29.9 Å². The molecule has 0 radical (unpaired) electrons. The van der Waals surface area contributed by atoms with Crippen molar-refractivity contribution in [3.05, 3.63) is 29.8 Å². The Hall–Kier alpha value is -5.87. The molecule has 0 aromatic heterocycles. The van der Waals surface area contributed by atoms with Crippen LogP contribution in [0.4, 0.5) is 0 Å². The van der Waals surface area contributed by atoms with Gasteiger partial charge in [-0.05, 0) is 43.4 Å². The van der Waals surface area contributed by atoms with Gasteiger partial charge in [0, 0.05) is 13.0 Å². The standard InChI is InChI=1S/C35H53N9O13/c1-4-17(2)28(37)33(54)42-22(12-19-7-9-20(47)10-8-19)34(55)44-11-5-6-24(44)32(53)39-15-27(50)41-23(16-45)30(51)38-14-26(49)40-21(13-25(36)48)31(52)43-29(18(3)46)35(56)57/h7-10,17-18,21-24,28-29,45-47H,4-6,11-16,37H2,1-3H3,(H2,36,48)(H,38,51)(H,39,53)(H,40,49)(H,41,50)(H,42,54)(H,43,52)(H,56,57)/t17-,18+,21-,22-,23-,24-,28-,29-/m0/s1. The maximum atomic E-state index is 13.9. The summed E-state index contributed by atoms with van der Waals surface area (Å²) in [5, 5.41) is 51.6. The lowest BCUT2D eigenvalue weighted by Crippen LogP contribution is -2.58. The predicted octanol–water partition coefficient (Wildman–Crippen LogP) is -5.20. The summed E-state index contributed by atoms with van der Waals surface area (Å²) in [4.78, 5) is 115. The first-order chi connectivity index (χ1) is 26.8. The number of aliphatic hydroxyl groups excluding tert-OH is 2. The topological polar surface area (TPSA) is 362 Å². The van der Waals surface area contributed by atoms with Crippen LogP contribution in [-0.4, -0.2) is 147 Å². The minimum atomic E-state index is -1.78. The monoisotopic (exact) mass is 807 g/mol. The number of nitrogens with one attached hydrogen (secondary N) is 6. The van der Waals surface area contributed by atoms with E-state index < -0.39 is 122 Å². The molecular formula is C35H53N9O13. The van der Waals surface area contributed by atoms with Crippen LogP contribution >= 0.6 is 0 Å². The van der Waals surface area contributed by atoms with Gasteiger partial charge < -0.3 is 68.7 Å². The number of primary amides is 1. The molecule has 57 heavy (non-hydrogen) atoms. The molecule has 0 bridgehead atoms. The van der Waals surface area contributed by atoms with Crippen LogP contribution in [0, 0.1) is 5.92 Å². The number of amides is 8. The quantitative estimate of drug-likeness (QED) is 0.0521. The lowest BCUT2D eigenvalue weighted by atomic mass is 9.98. The van der Waals surface area contributed by atoms with Gasteiger partial charge in [0.05, 0.1) is 38.3 Å². The number of carboxylic acid groups (broad SMARTS) is 1. The highest BCUT2D eigenvalue weighted by Crippen LogP contribution is 2.21. The van der Waals surface area contributed by atoms with Crippen molar-refractivity contribution < 1.29 is 63.6 Å². The first kappa shape index (κ1) is 47.3. The van der Waals surface area contributed by atoms with Crippen molar-refractivity contribution in [3.63, 3.8) is 0 Å². The second-order valence-electron chi connectivity index (χ2n) is 13.6. The summed E-state index contributed by atoms with van der Waals surface area (Å²) in [6.07, 6.45) is -1.01. The number of aliphatic carboxylic acids is 1. The number of carbonyl (C=O) groups excluding carboxylic acids is 8. The molecule has 8 amide bonds. The molecule has 316 valence electrons. The maximum Gasteiger partial charge on any atom is 0.328 e. The third kappa shape index (κ3) is 15.0. The van der Waals surface area contributed by atoms with Crippen molar-refractivity contribution in [2.75, 3.05) is 26.2 Å². The maximum absolute atomic E-state index is 13.9. The average Bonchev–Trinajstić information content (AvgIpc) is 3.66. The van der Waals surface area contributed by atoms with Gasteiger partial charge in [0.15, 0.2) is 6.04 Å². The van der Waals surface area contributed by atoms with E-state index in [1.165, 1.54) is 17.0 Å². The Morgan fingerprint density at radius 2 is 1.44 bits per heavy atom. The van der Waals surface area contributed by atoms with Crippen molar-refractivity contribution in [1.29, 1.82) is 0 Å². The van der Waals surface area contributed by atoms with Crippen LogP contribution < -0.4 is 43.4 Å². The molecule has 1 aliphatic heterocycles. The molecule has 8 atom stereocenters. The molecule has 1 aromatic rings. The smallest absolute Gasteiger partial charge is 0.328 e. The first-order valence-electron chi connectivity index (χ1n) is 18.2. The molecule has 0 aliphatic carbocycles. The zero-order valence-corrected chi connectivity index (χ0v) is 31.9. The van der Waals surface area contributed by atoms with E-state index in [0.29, 0.717) is 18.4 Å². The number of benzene rings is 1. The van der Waals surface area contributed by atoms with Crippen LogP contribution in [0.2, 0.25) is 0 Å². The molecule has 2 rings (SSSR count). The van der Waals surface area contributed by atoms with Crippen LogP contribution in [0.5, 0.6) is 5.75 Å². The number of aromatic hydroxyl groups is 1. The number of nitrogens with zero attached hydrogens (tertiary/aromatic N) is 1. The van der Waals surface area contributed by atoms with Gasteiger partial charge in [0.25, 0.3) is 0 Å². The molecule has 1 saturated heterocycles. The number of aliphatic hydroxyl groups is 2.